The topological polar surface area (TPSA) is 71.7 Å². The van der Waals surface area contributed by atoms with Gasteiger partial charge in [-0.15, -0.1) is 0 Å². The van der Waals surface area contributed by atoms with Gasteiger partial charge in [0.2, 0.25) is 5.89 Å². The van der Waals surface area contributed by atoms with Crippen LogP contribution >= 0.6 is 0 Å². The van der Waals surface area contributed by atoms with E-state index in [2.05, 4.69) is 15.0 Å². The molecule has 1 amide bonds. The van der Waals surface area contributed by atoms with E-state index in [1.54, 1.807) is 4.90 Å². The van der Waals surface area contributed by atoms with Crippen molar-refractivity contribution in [1.29, 1.82) is 0 Å². The highest BCUT2D eigenvalue weighted by Gasteiger charge is 2.31. The highest BCUT2D eigenvalue weighted by Crippen LogP contribution is 2.17. The van der Waals surface area contributed by atoms with E-state index in [-0.39, 0.29) is 18.1 Å². The summed E-state index contributed by atoms with van der Waals surface area (Å²) in [5.74, 6) is 1.60. The van der Waals surface area contributed by atoms with Crippen LogP contribution in [0.3, 0.4) is 0 Å². The van der Waals surface area contributed by atoms with E-state index in [4.69, 9.17) is 9.26 Å². The maximum Gasteiger partial charge on any atom is 0.410 e. The zero-order chi connectivity index (χ0) is 17.2. The molecule has 0 saturated carbocycles. The first-order valence-corrected chi connectivity index (χ1v) is 8.20. The molecule has 1 fully saturated rings. The van der Waals surface area contributed by atoms with Crippen molar-refractivity contribution in [1.82, 2.24) is 19.9 Å². The summed E-state index contributed by atoms with van der Waals surface area (Å²) < 4.78 is 10.7. The zero-order valence-electron chi connectivity index (χ0n) is 15.0. The van der Waals surface area contributed by atoms with Crippen molar-refractivity contribution in [3.63, 3.8) is 0 Å². The largest absolute Gasteiger partial charge is 0.444 e. The molecular formula is C16H28N4O3. The van der Waals surface area contributed by atoms with Crippen molar-refractivity contribution < 1.29 is 14.1 Å². The van der Waals surface area contributed by atoms with Crippen LogP contribution < -0.4 is 0 Å². The van der Waals surface area contributed by atoms with Crippen molar-refractivity contribution in [2.45, 2.75) is 65.6 Å². The average Bonchev–Trinajstić information content (AvgIpc) is 2.85. The Morgan fingerprint density at radius 2 is 2.09 bits per heavy atom. The number of carbonyl (C=O) groups is 1. The van der Waals surface area contributed by atoms with Gasteiger partial charge in [-0.2, -0.15) is 4.98 Å². The molecule has 0 aliphatic carbocycles. The Morgan fingerprint density at radius 1 is 1.39 bits per heavy atom. The van der Waals surface area contributed by atoms with E-state index in [1.165, 1.54) is 0 Å². The Kier molecular flexibility index (Phi) is 5.29. The maximum absolute atomic E-state index is 12.2. The smallest absolute Gasteiger partial charge is 0.410 e. The fourth-order valence-corrected chi connectivity index (χ4v) is 2.53. The number of rotatable bonds is 3. The molecule has 0 bridgehead atoms. The first-order chi connectivity index (χ1) is 10.7. The third-order valence-corrected chi connectivity index (χ3v) is 3.68. The highest BCUT2D eigenvalue weighted by atomic mass is 16.6. The van der Waals surface area contributed by atoms with Crippen LogP contribution in [0.25, 0.3) is 0 Å². The standard InChI is InChI=1S/C16H28N4O3/c1-11(2)14-17-13(18-23-14)10-19-7-8-20(12(3)9-19)15(21)22-16(4,5)6/h11-12H,7-10H2,1-6H3/t12-/m0/s1. The first-order valence-electron chi connectivity index (χ1n) is 8.20. The number of piperazine rings is 1. The summed E-state index contributed by atoms with van der Waals surface area (Å²) in [5.41, 5.74) is -0.466. The van der Waals surface area contributed by atoms with Crippen LogP contribution in [-0.4, -0.2) is 57.3 Å². The molecule has 2 heterocycles. The van der Waals surface area contributed by atoms with Crippen molar-refractivity contribution in [3.05, 3.63) is 11.7 Å². The molecule has 1 aliphatic rings. The Balaban J connectivity index is 1.89. The molecule has 0 spiro atoms. The Hall–Kier alpha value is -1.63. The number of hydrogen-bond donors (Lipinski definition) is 0. The van der Waals surface area contributed by atoms with Crippen LogP contribution in [0.1, 0.15) is 59.2 Å². The lowest BCUT2D eigenvalue weighted by Gasteiger charge is -2.39. The molecule has 23 heavy (non-hydrogen) atoms. The van der Waals surface area contributed by atoms with Gasteiger partial charge in [0.05, 0.1) is 6.54 Å². The van der Waals surface area contributed by atoms with Gasteiger partial charge in [-0.1, -0.05) is 19.0 Å². The summed E-state index contributed by atoms with van der Waals surface area (Å²) in [6, 6.07) is 0.0927. The lowest BCUT2D eigenvalue weighted by atomic mass is 10.2. The second kappa shape index (κ2) is 6.86. The third-order valence-electron chi connectivity index (χ3n) is 3.68. The van der Waals surface area contributed by atoms with Gasteiger partial charge < -0.3 is 14.2 Å². The lowest BCUT2D eigenvalue weighted by molar-refractivity contribution is 0.000225. The summed E-state index contributed by atoms with van der Waals surface area (Å²) in [6.45, 7) is 14.6. The molecule has 2 rings (SSSR count). The molecule has 1 aromatic heterocycles. The third kappa shape index (κ3) is 4.92. The summed E-state index contributed by atoms with van der Waals surface area (Å²) in [7, 11) is 0. The molecule has 1 atom stereocenters. The second-order valence-corrected chi connectivity index (χ2v) is 7.46. The Bertz CT molecular complexity index is 536. The molecular weight excluding hydrogens is 296 g/mol. The van der Waals surface area contributed by atoms with E-state index >= 15 is 0 Å². The zero-order valence-corrected chi connectivity index (χ0v) is 15.0. The fourth-order valence-electron chi connectivity index (χ4n) is 2.53. The molecule has 0 aromatic carbocycles. The number of aromatic nitrogens is 2. The number of hydrogen-bond acceptors (Lipinski definition) is 6. The van der Waals surface area contributed by atoms with E-state index in [0.29, 0.717) is 24.8 Å². The summed E-state index contributed by atoms with van der Waals surface area (Å²) in [5, 5.41) is 4.03. The average molecular weight is 324 g/mol. The molecule has 130 valence electrons. The molecule has 7 nitrogen and oxygen atoms in total. The predicted octanol–water partition coefficient (Wildman–Crippen LogP) is 2.63. The van der Waals surface area contributed by atoms with Crippen molar-refractivity contribution >= 4 is 6.09 Å². The molecule has 1 aliphatic heterocycles. The number of carbonyl (C=O) groups excluding carboxylic acids is 1. The van der Waals surface area contributed by atoms with Crippen LogP contribution in [0.15, 0.2) is 4.52 Å². The summed E-state index contributed by atoms with van der Waals surface area (Å²) >= 11 is 0. The summed E-state index contributed by atoms with van der Waals surface area (Å²) in [6.07, 6.45) is -0.244. The quantitative estimate of drug-likeness (QED) is 0.851. The monoisotopic (exact) mass is 324 g/mol. The number of nitrogens with zero attached hydrogens (tertiary/aromatic N) is 4. The lowest BCUT2D eigenvalue weighted by Crippen LogP contribution is -2.54. The number of ether oxygens (including phenoxy) is 1. The minimum atomic E-state index is -0.466. The molecule has 0 radical (unpaired) electrons. The van der Waals surface area contributed by atoms with Gasteiger partial charge in [-0.3, -0.25) is 4.90 Å². The van der Waals surface area contributed by atoms with Crippen molar-refractivity contribution in [3.8, 4) is 0 Å². The van der Waals surface area contributed by atoms with Crippen LogP contribution in [-0.2, 0) is 11.3 Å². The van der Waals surface area contributed by atoms with Crippen LogP contribution in [0.2, 0.25) is 0 Å². The molecule has 0 N–H and O–H groups in total. The van der Waals surface area contributed by atoms with Gasteiger partial charge >= 0.3 is 6.09 Å². The van der Waals surface area contributed by atoms with E-state index < -0.39 is 5.60 Å². The van der Waals surface area contributed by atoms with Crippen LogP contribution in [0.4, 0.5) is 4.79 Å². The maximum atomic E-state index is 12.2. The van der Waals surface area contributed by atoms with Crippen LogP contribution in [0.5, 0.6) is 0 Å². The summed E-state index contributed by atoms with van der Waals surface area (Å²) in [4.78, 5) is 20.6. The Morgan fingerprint density at radius 3 is 2.61 bits per heavy atom. The number of amides is 1. The van der Waals surface area contributed by atoms with E-state index in [0.717, 1.165) is 13.1 Å². The van der Waals surface area contributed by atoms with Gasteiger partial charge in [-0.25, -0.2) is 4.79 Å². The van der Waals surface area contributed by atoms with Crippen LogP contribution in [0, 0.1) is 0 Å². The van der Waals surface area contributed by atoms with Crippen molar-refractivity contribution in [2.75, 3.05) is 19.6 Å². The molecule has 7 heteroatoms. The molecule has 1 aromatic rings. The Labute approximate surface area is 138 Å². The van der Waals surface area contributed by atoms with E-state index in [9.17, 15) is 4.79 Å². The van der Waals surface area contributed by atoms with Gasteiger partial charge in [0.1, 0.15) is 5.60 Å². The minimum Gasteiger partial charge on any atom is -0.444 e. The van der Waals surface area contributed by atoms with Gasteiger partial charge in [-0.05, 0) is 27.7 Å². The van der Waals surface area contributed by atoms with Crippen molar-refractivity contribution in [2.24, 2.45) is 0 Å². The van der Waals surface area contributed by atoms with Gasteiger partial charge in [0, 0.05) is 31.6 Å². The second-order valence-electron chi connectivity index (χ2n) is 7.46. The minimum absolute atomic E-state index is 0.0927. The van der Waals surface area contributed by atoms with E-state index in [1.807, 2.05) is 41.5 Å². The molecule has 0 unspecified atom stereocenters. The fraction of sp³-hybridized carbons (Fsp3) is 0.812. The SMILES string of the molecule is CC(C)c1nc(CN2CCN(C(=O)OC(C)(C)C)[C@@H](C)C2)no1. The normalized spacial score (nSPS) is 20.1. The highest BCUT2D eigenvalue weighted by molar-refractivity contribution is 5.68. The van der Waals surface area contributed by atoms with Gasteiger partial charge in [0.15, 0.2) is 5.82 Å². The first kappa shape index (κ1) is 17.7. The predicted molar refractivity (Wildman–Crippen MR) is 86.1 cm³/mol. The van der Waals surface area contributed by atoms with Gasteiger partial charge in [0.25, 0.3) is 0 Å². The molecule has 1 saturated heterocycles.